The number of aryl methyl sites for hydroxylation is 1. The Labute approximate surface area is 102 Å². The minimum atomic E-state index is -5.01. The molecule has 0 fully saturated rings. The lowest BCUT2D eigenvalue weighted by atomic mass is 10.2. The number of hydrogen-bond acceptors (Lipinski definition) is 4. The molecule has 1 heterocycles. The number of fused-ring (bicyclic) bond motifs is 1. The highest BCUT2D eigenvalue weighted by molar-refractivity contribution is 7.88. The molecule has 0 radical (unpaired) electrons. The fraction of sp³-hybridized carbons (Fsp3) is 0.300. The van der Waals surface area contributed by atoms with Crippen molar-refractivity contribution in [2.45, 2.75) is 19.1 Å². The standard InChI is InChI=1S/C10H10F2N2O3S/c1-6-9-7(14-13-6)4-3-5-8(9)17-18(15,16)10(2,11)12/h3-5H,1-2H3,(H,13,14). The van der Waals surface area contributed by atoms with Crippen molar-refractivity contribution in [1.29, 1.82) is 0 Å². The average Bonchev–Trinajstić information content (AvgIpc) is 2.59. The first-order chi connectivity index (χ1) is 8.22. The molecule has 0 bridgehead atoms. The van der Waals surface area contributed by atoms with Gasteiger partial charge in [-0.2, -0.15) is 22.3 Å². The predicted octanol–water partition coefficient (Wildman–Crippen LogP) is 2.19. The number of aromatic amines is 1. The summed E-state index contributed by atoms with van der Waals surface area (Å²) in [7, 11) is -5.01. The van der Waals surface area contributed by atoms with Crippen molar-refractivity contribution >= 4 is 21.0 Å². The minimum Gasteiger partial charge on any atom is -0.377 e. The Morgan fingerprint density at radius 1 is 1.39 bits per heavy atom. The van der Waals surface area contributed by atoms with E-state index in [2.05, 4.69) is 14.4 Å². The number of halogens is 2. The molecule has 0 saturated heterocycles. The number of rotatable bonds is 3. The number of nitrogens with zero attached hydrogens (tertiary/aromatic N) is 1. The highest BCUT2D eigenvalue weighted by Gasteiger charge is 2.42. The monoisotopic (exact) mass is 276 g/mol. The number of H-pyrrole nitrogens is 1. The van der Waals surface area contributed by atoms with E-state index < -0.39 is 15.4 Å². The second-order valence-electron chi connectivity index (χ2n) is 3.84. The second kappa shape index (κ2) is 3.91. The lowest BCUT2D eigenvalue weighted by Gasteiger charge is -2.13. The zero-order chi connectivity index (χ0) is 13.6. The number of hydrogen-bond donors (Lipinski definition) is 1. The summed E-state index contributed by atoms with van der Waals surface area (Å²) < 4.78 is 52.8. The molecule has 0 amide bonds. The van der Waals surface area contributed by atoms with E-state index in [4.69, 9.17) is 0 Å². The number of benzene rings is 1. The predicted molar refractivity (Wildman–Crippen MR) is 61.0 cm³/mol. The summed E-state index contributed by atoms with van der Waals surface area (Å²) in [5.74, 6) is -0.166. The van der Waals surface area contributed by atoms with E-state index in [1.54, 1.807) is 13.0 Å². The third-order valence-corrected chi connectivity index (χ3v) is 3.64. The van der Waals surface area contributed by atoms with Gasteiger partial charge >= 0.3 is 15.4 Å². The van der Waals surface area contributed by atoms with Crippen molar-refractivity contribution in [1.82, 2.24) is 10.2 Å². The zero-order valence-electron chi connectivity index (χ0n) is 9.57. The Hall–Kier alpha value is -1.70. The van der Waals surface area contributed by atoms with Gasteiger partial charge in [-0.05, 0) is 19.1 Å². The average molecular weight is 276 g/mol. The molecule has 0 spiro atoms. The van der Waals surface area contributed by atoms with Crippen LogP contribution in [-0.4, -0.2) is 23.9 Å². The molecule has 5 nitrogen and oxygen atoms in total. The van der Waals surface area contributed by atoms with Crippen LogP contribution in [0.3, 0.4) is 0 Å². The van der Waals surface area contributed by atoms with Gasteiger partial charge in [0, 0.05) is 12.6 Å². The first-order valence-corrected chi connectivity index (χ1v) is 6.39. The number of alkyl halides is 2. The van der Waals surface area contributed by atoms with Gasteiger partial charge in [0.25, 0.3) is 0 Å². The molecule has 1 aromatic heterocycles. The van der Waals surface area contributed by atoms with E-state index in [9.17, 15) is 17.2 Å². The zero-order valence-corrected chi connectivity index (χ0v) is 10.4. The number of nitrogens with one attached hydrogen (secondary N) is 1. The van der Waals surface area contributed by atoms with Crippen LogP contribution in [0.4, 0.5) is 8.78 Å². The highest BCUT2D eigenvalue weighted by Crippen LogP contribution is 2.31. The lowest BCUT2D eigenvalue weighted by molar-refractivity contribution is 0.104. The summed E-state index contributed by atoms with van der Waals surface area (Å²) in [4.78, 5) is 0. The van der Waals surface area contributed by atoms with Crippen molar-refractivity contribution in [2.75, 3.05) is 0 Å². The van der Waals surface area contributed by atoms with Crippen molar-refractivity contribution in [3.8, 4) is 5.75 Å². The van der Waals surface area contributed by atoms with Crippen LogP contribution >= 0.6 is 0 Å². The van der Waals surface area contributed by atoms with Crippen LogP contribution in [0.1, 0.15) is 12.6 Å². The van der Waals surface area contributed by atoms with Gasteiger partial charge < -0.3 is 4.18 Å². The van der Waals surface area contributed by atoms with Gasteiger partial charge in [0.2, 0.25) is 0 Å². The highest BCUT2D eigenvalue weighted by atomic mass is 32.2. The van der Waals surface area contributed by atoms with Gasteiger partial charge in [0.1, 0.15) is 0 Å². The van der Waals surface area contributed by atoms with Crippen molar-refractivity contribution in [3.05, 3.63) is 23.9 Å². The van der Waals surface area contributed by atoms with Gasteiger partial charge in [-0.15, -0.1) is 0 Å². The summed E-state index contributed by atoms with van der Waals surface area (Å²) >= 11 is 0. The quantitative estimate of drug-likeness (QED) is 0.872. The summed E-state index contributed by atoms with van der Waals surface area (Å²) in [5, 5.41) is 2.91. The van der Waals surface area contributed by atoms with E-state index in [0.29, 0.717) is 16.6 Å². The Bertz CT molecular complexity index is 689. The van der Waals surface area contributed by atoms with Gasteiger partial charge in [0.05, 0.1) is 10.9 Å². The fourth-order valence-corrected chi connectivity index (χ4v) is 1.97. The smallest absolute Gasteiger partial charge is 0.377 e. The fourth-order valence-electron chi connectivity index (χ4n) is 1.45. The molecule has 0 atom stereocenters. The maximum Gasteiger partial charge on any atom is 0.377 e. The molecular formula is C10H10F2N2O3S. The molecule has 0 aliphatic carbocycles. The topological polar surface area (TPSA) is 72.0 Å². The molecular weight excluding hydrogens is 266 g/mol. The molecule has 0 saturated carbocycles. The Morgan fingerprint density at radius 2 is 2.06 bits per heavy atom. The van der Waals surface area contributed by atoms with Gasteiger partial charge in [-0.3, -0.25) is 5.10 Å². The molecule has 2 rings (SSSR count). The van der Waals surface area contributed by atoms with E-state index in [1.807, 2.05) is 0 Å². The SMILES string of the molecule is Cc1[nH]nc2cccc(OS(=O)(=O)C(C)(F)F)c12. The van der Waals surface area contributed by atoms with Crippen LogP contribution in [-0.2, 0) is 10.1 Å². The summed E-state index contributed by atoms with van der Waals surface area (Å²) in [6.45, 7) is 1.91. The Kier molecular flexibility index (Phi) is 2.77. The van der Waals surface area contributed by atoms with Crippen LogP contribution in [0.2, 0.25) is 0 Å². The Morgan fingerprint density at radius 3 is 2.67 bits per heavy atom. The molecule has 0 aliphatic rings. The van der Waals surface area contributed by atoms with Crippen LogP contribution in [0, 0.1) is 6.92 Å². The Balaban J connectivity index is 2.54. The minimum absolute atomic E-state index is 0.166. The van der Waals surface area contributed by atoms with Crippen LogP contribution in [0.5, 0.6) is 5.75 Å². The third-order valence-electron chi connectivity index (χ3n) is 2.36. The van der Waals surface area contributed by atoms with E-state index in [1.165, 1.54) is 12.1 Å². The van der Waals surface area contributed by atoms with Crippen LogP contribution in [0.25, 0.3) is 10.9 Å². The first-order valence-electron chi connectivity index (χ1n) is 4.98. The molecule has 18 heavy (non-hydrogen) atoms. The molecule has 1 aromatic carbocycles. The van der Waals surface area contributed by atoms with E-state index in [0.717, 1.165) is 0 Å². The lowest BCUT2D eigenvalue weighted by Crippen LogP contribution is -2.29. The molecule has 0 aliphatic heterocycles. The first kappa shape index (κ1) is 12.7. The van der Waals surface area contributed by atoms with Gasteiger partial charge in [-0.1, -0.05) is 6.07 Å². The molecule has 0 unspecified atom stereocenters. The summed E-state index contributed by atoms with van der Waals surface area (Å²) in [5.41, 5.74) is 0.981. The molecule has 2 aromatic rings. The van der Waals surface area contributed by atoms with Gasteiger partial charge in [0.15, 0.2) is 5.75 Å². The van der Waals surface area contributed by atoms with Crippen LogP contribution in [0.15, 0.2) is 18.2 Å². The maximum absolute atomic E-state index is 12.9. The molecule has 98 valence electrons. The van der Waals surface area contributed by atoms with E-state index >= 15 is 0 Å². The van der Waals surface area contributed by atoms with Gasteiger partial charge in [-0.25, -0.2) is 0 Å². The molecule has 8 heteroatoms. The second-order valence-corrected chi connectivity index (χ2v) is 5.64. The summed E-state index contributed by atoms with van der Waals surface area (Å²) in [6.07, 6.45) is 0. The molecule has 1 N–H and O–H groups in total. The third kappa shape index (κ3) is 2.03. The van der Waals surface area contributed by atoms with Crippen molar-refractivity contribution in [2.24, 2.45) is 0 Å². The van der Waals surface area contributed by atoms with Crippen LogP contribution < -0.4 is 4.18 Å². The number of aromatic nitrogens is 2. The van der Waals surface area contributed by atoms with Crippen molar-refractivity contribution < 1.29 is 21.4 Å². The summed E-state index contributed by atoms with van der Waals surface area (Å²) in [6, 6.07) is 4.39. The maximum atomic E-state index is 12.9. The van der Waals surface area contributed by atoms with Crippen molar-refractivity contribution in [3.63, 3.8) is 0 Å². The van der Waals surface area contributed by atoms with E-state index in [-0.39, 0.29) is 12.7 Å². The normalized spacial score (nSPS) is 12.9. The largest absolute Gasteiger partial charge is 0.377 e.